The molecule has 7 nitrogen and oxygen atoms in total. The molecule has 182 valence electrons. The van der Waals surface area contributed by atoms with Crippen LogP contribution in [0.15, 0.2) is 72.8 Å². The van der Waals surface area contributed by atoms with E-state index in [0.29, 0.717) is 34.3 Å². The van der Waals surface area contributed by atoms with Gasteiger partial charge in [-0.15, -0.1) is 0 Å². The predicted molar refractivity (Wildman–Crippen MR) is 138 cm³/mol. The number of halogens is 1. The number of nitrogens with one attached hydrogen (secondary N) is 1. The minimum absolute atomic E-state index is 0.233. The topological polar surface area (TPSA) is 84.5 Å². The quantitative estimate of drug-likeness (QED) is 0.311. The smallest absolute Gasteiger partial charge is 0.338 e. The van der Waals surface area contributed by atoms with Crippen molar-refractivity contribution in [2.75, 3.05) is 18.1 Å². The van der Waals surface area contributed by atoms with Crippen LogP contribution in [-0.2, 0) is 4.74 Å². The molecule has 0 aliphatic carbocycles. The lowest BCUT2D eigenvalue weighted by molar-refractivity contribution is 0.0526. The number of rotatable bonds is 7. The molecule has 0 spiro atoms. The maximum atomic E-state index is 13.7. The van der Waals surface area contributed by atoms with E-state index >= 15 is 0 Å². The van der Waals surface area contributed by atoms with Crippen LogP contribution in [0.5, 0.6) is 5.75 Å². The Balaban J connectivity index is 1.61. The molecule has 1 aliphatic rings. The fourth-order valence-corrected chi connectivity index (χ4v) is 4.71. The Morgan fingerprint density at radius 3 is 2.39 bits per heavy atom. The van der Waals surface area contributed by atoms with E-state index in [1.165, 1.54) is 0 Å². The number of aromatic amines is 1. The Kier molecular flexibility index (Phi) is 6.48. The number of ether oxygens (including phenoxy) is 2. The van der Waals surface area contributed by atoms with E-state index < -0.39 is 12.0 Å². The fourth-order valence-electron chi connectivity index (χ4n) is 4.47. The second-order valence-corrected chi connectivity index (χ2v) is 8.59. The lowest BCUT2D eigenvalue weighted by Crippen LogP contribution is -2.29. The van der Waals surface area contributed by atoms with Crippen LogP contribution >= 0.6 is 11.6 Å². The molecule has 36 heavy (non-hydrogen) atoms. The molecule has 3 aromatic carbocycles. The number of esters is 1. The van der Waals surface area contributed by atoms with Gasteiger partial charge in [0.05, 0.1) is 30.5 Å². The maximum Gasteiger partial charge on any atom is 0.338 e. The number of hydrogen-bond donors (Lipinski definition) is 1. The highest BCUT2D eigenvalue weighted by molar-refractivity contribution is 6.31. The van der Waals surface area contributed by atoms with Gasteiger partial charge in [-0.1, -0.05) is 29.8 Å². The number of carbonyl (C=O) groups is 2. The van der Waals surface area contributed by atoms with Crippen molar-refractivity contribution >= 4 is 29.2 Å². The molecule has 0 radical (unpaired) electrons. The monoisotopic (exact) mass is 501 g/mol. The second-order valence-electron chi connectivity index (χ2n) is 8.18. The molecule has 2 heterocycles. The van der Waals surface area contributed by atoms with Gasteiger partial charge in [0.2, 0.25) is 0 Å². The van der Waals surface area contributed by atoms with Crippen LogP contribution in [0.25, 0.3) is 11.3 Å². The van der Waals surface area contributed by atoms with Gasteiger partial charge < -0.3 is 9.47 Å². The minimum atomic E-state index is -0.519. The molecule has 0 fully saturated rings. The fraction of sp³-hybridized carbons (Fsp3) is 0.179. The van der Waals surface area contributed by atoms with Gasteiger partial charge in [0.1, 0.15) is 11.4 Å². The summed E-state index contributed by atoms with van der Waals surface area (Å²) >= 11 is 6.65. The lowest BCUT2D eigenvalue weighted by atomic mass is 9.95. The first kappa shape index (κ1) is 23.6. The van der Waals surface area contributed by atoms with Gasteiger partial charge in [-0.25, -0.2) is 4.79 Å². The van der Waals surface area contributed by atoms with Gasteiger partial charge in [-0.2, -0.15) is 5.10 Å². The maximum absolute atomic E-state index is 13.7. The highest BCUT2D eigenvalue weighted by Gasteiger charge is 2.43. The Labute approximate surface area is 213 Å². The summed E-state index contributed by atoms with van der Waals surface area (Å²) in [6.07, 6.45) is 0. The van der Waals surface area contributed by atoms with E-state index in [1.807, 2.05) is 49.4 Å². The van der Waals surface area contributed by atoms with Gasteiger partial charge in [0.15, 0.2) is 0 Å². The van der Waals surface area contributed by atoms with Gasteiger partial charge in [-0.05, 0) is 74.0 Å². The van der Waals surface area contributed by atoms with Crippen LogP contribution in [0.4, 0.5) is 5.69 Å². The molecular formula is C28H24ClN3O4. The van der Waals surface area contributed by atoms with Crippen LogP contribution in [-0.4, -0.2) is 35.3 Å². The summed E-state index contributed by atoms with van der Waals surface area (Å²) in [6, 6.07) is 21.3. The normalized spacial score (nSPS) is 14.6. The molecule has 1 aromatic heterocycles. The van der Waals surface area contributed by atoms with E-state index in [2.05, 4.69) is 10.2 Å². The van der Waals surface area contributed by atoms with Gasteiger partial charge in [0, 0.05) is 21.8 Å². The molecule has 1 amide bonds. The third-order valence-corrected chi connectivity index (χ3v) is 6.41. The zero-order valence-electron chi connectivity index (χ0n) is 19.8. The number of nitrogens with zero attached hydrogens (tertiary/aromatic N) is 2. The molecule has 5 rings (SSSR count). The third-order valence-electron chi connectivity index (χ3n) is 6.06. The van der Waals surface area contributed by atoms with Crippen LogP contribution in [0, 0.1) is 0 Å². The van der Waals surface area contributed by atoms with Crippen molar-refractivity contribution in [3.05, 3.63) is 100 Å². The first-order valence-corrected chi connectivity index (χ1v) is 12.1. The predicted octanol–water partition coefficient (Wildman–Crippen LogP) is 6.06. The summed E-state index contributed by atoms with van der Waals surface area (Å²) < 4.78 is 10.7. The SMILES string of the molecule is CCOC(=O)c1ccc(N2C(=O)c3[nH]nc(-c4ccc(OCC)cc4)c3C2c2ccccc2Cl)cc1. The number of H-pyrrole nitrogens is 1. The van der Waals surface area contributed by atoms with E-state index in [4.69, 9.17) is 21.1 Å². The highest BCUT2D eigenvalue weighted by atomic mass is 35.5. The van der Waals surface area contributed by atoms with Crippen molar-refractivity contribution in [2.45, 2.75) is 19.9 Å². The Morgan fingerprint density at radius 1 is 1.00 bits per heavy atom. The van der Waals surface area contributed by atoms with Crippen molar-refractivity contribution < 1.29 is 19.1 Å². The molecule has 8 heteroatoms. The Bertz CT molecular complexity index is 1410. The molecule has 1 atom stereocenters. The van der Waals surface area contributed by atoms with E-state index in [0.717, 1.165) is 22.4 Å². The summed E-state index contributed by atoms with van der Waals surface area (Å²) in [5.74, 6) is 0.116. The zero-order chi connectivity index (χ0) is 25.2. The molecule has 0 saturated heterocycles. The van der Waals surface area contributed by atoms with E-state index in [9.17, 15) is 9.59 Å². The van der Waals surface area contributed by atoms with Gasteiger partial charge in [0.25, 0.3) is 5.91 Å². The highest BCUT2D eigenvalue weighted by Crippen LogP contribution is 2.46. The molecule has 4 aromatic rings. The van der Waals surface area contributed by atoms with E-state index in [1.54, 1.807) is 42.2 Å². The summed E-state index contributed by atoms with van der Waals surface area (Å²) in [5, 5.41) is 7.99. The first-order valence-electron chi connectivity index (χ1n) is 11.7. The van der Waals surface area contributed by atoms with Gasteiger partial charge >= 0.3 is 5.97 Å². The molecule has 1 unspecified atom stereocenters. The Morgan fingerprint density at radius 2 is 1.72 bits per heavy atom. The first-order chi connectivity index (χ1) is 17.5. The number of hydrogen-bond acceptors (Lipinski definition) is 5. The van der Waals surface area contributed by atoms with Crippen LogP contribution in [0.3, 0.4) is 0 Å². The number of fused-ring (bicyclic) bond motifs is 1. The number of benzene rings is 3. The summed E-state index contributed by atoms with van der Waals surface area (Å²) in [6.45, 7) is 4.55. The Hall–Kier alpha value is -4.10. The summed E-state index contributed by atoms with van der Waals surface area (Å²) in [4.78, 5) is 27.5. The molecule has 1 aliphatic heterocycles. The average Bonchev–Trinajstić information content (AvgIpc) is 3.44. The molecule has 1 N–H and O–H groups in total. The largest absolute Gasteiger partial charge is 0.494 e. The van der Waals surface area contributed by atoms with Crippen molar-refractivity contribution in [1.82, 2.24) is 10.2 Å². The zero-order valence-corrected chi connectivity index (χ0v) is 20.6. The average molecular weight is 502 g/mol. The van der Waals surface area contributed by atoms with Crippen LogP contribution < -0.4 is 9.64 Å². The van der Waals surface area contributed by atoms with Crippen molar-refractivity contribution in [3.8, 4) is 17.0 Å². The number of carbonyl (C=O) groups excluding carboxylic acids is 2. The van der Waals surface area contributed by atoms with Crippen molar-refractivity contribution in [2.24, 2.45) is 0 Å². The summed E-state index contributed by atoms with van der Waals surface area (Å²) in [5.41, 5.74) is 4.47. The lowest BCUT2D eigenvalue weighted by Gasteiger charge is -2.27. The number of anilines is 1. The van der Waals surface area contributed by atoms with E-state index in [-0.39, 0.29) is 12.5 Å². The standard InChI is InChI=1S/C28H24ClN3O4/c1-3-35-20-15-11-17(12-16-20)24-23-25(31-30-24)27(33)32(26(23)21-7-5-6-8-22(21)29)19-13-9-18(10-14-19)28(34)36-4-2/h5-16,26H,3-4H2,1-2H3,(H,30,31). The van der Waals surface area contributed by atoms with Crippen LogP contribution in [0.1, 0.15) is 51.9 Å². The van der Waals surface area contributed by atoms with Crippen molar-refractivity contribution in [1.29, 1.82) is 0 Å². The molecular weight excluding hydrogens is 478 g/mol. The molecule has 0 saturated carbocycles. The van der Waals surface area contributed by atoms with Crippen LogP contribution in [0.2, 0.25) is 5.02 Å². The van der Waals surface area contributed by atoms with Gasteiger partial charge in [-0.3, -0.25) is 14.8 Å². The van der Waals surface area contributed by atoms with Crippen molar-refractivity contribution in [3.63, 3.8) is 0 Å². The summed E-state index contributed by atoms with van der Waals surface area (Å²) in [7, 11) is 0. The third kappa shape index (κ3) is 4.12. The second kappa shape index (κ2) is 9.87. The number of amides is 1. The number of aromatic nitrogens is 2. The minimum Gasteiger partial charge on any atom is -0.494 e. The molecule has 0 bridgehead atoms.